The number of amides is 1. The van der Waals surface area contributed by atoms with E-state index in [0.717, 1.165) is 29.9 Å². The van der Waals surface area contributed by atoms with Gasteiger partial charge in [-0.15, -0.1) is 0 Å². The lowest BCUT2D eigenvalue weighted by Crippen LogP contribution is -2.43. The molecule has 0 aromatic heterocycles. The molecule has 1 heterocycles. The molecule has 108 valence electrons. The summed E-state index contributed by atoms with van der Waals surface area (Å²) in [7, 11) is 0. The van der Waals surface area contributed by atoms with Crippen molar-refractivity contribution in [2.75, 3.05) is 13.2 Å². The fourth-order valence-corrected chi connectivity index (χ4v) is 2.48. The van der Waals surface area contributed by atoms with Crippen molar-refractivity contribution in [3.05, 3.63) is 23.8 Å². The van der Waals surface area contributed by atoms with Crippen molar-refractivity contribution in [2.45, 2.75) is 38.4 Å². The summed E-state index contributed by atoms with van der Waals surface area (Å²) in [6.07, 6.45) is 2.12. The molecule has 0 radical (unpaired) electrons. The van der Waals surface area contributed by atoms with Crippen LogP contribution in [0.3, 0.4) is 0 Å². The summed E-state index contributed by atoms with van der Waals surface area (Å²) in [6.45, 7) is 3.39. The van der Waals surface area contributed by atoms with E-state index in [1.165, 1.54) is 0 Å². The second-order valence-electron chi connectivity index (χ2n) is 5.43. The highest BCUT2D eigenvalue weighted by Crippen LogP contribution is 2.36. The Hall–Kier alpha value is -1.75. The number of carbonyl (C=O) groups is 1. The number of nitrogens with zero attached hydrogens (tertiary/aromatic N) is 1. The molecule has 1 saturated carbocycles. The average Bonchev–Trinajstić information content (AvgIpc) is 3.28. The lowest BCUT2D eigenvalue weighted by Gasteiger charge is -2.27. The molecule has 0 unspecified atom stereocenters. The summed E-state index contributed by atoms with van der Waals surface area (Å²) < 4.78 is 11.3. The van der Waals surface area contributed by atoms with Crippen molar-refractivity contribution >= 4 is 5.91 Å². The largest absolute Gasteiger partial charge is 0.486 e. The first-order valence-corrected chi connectivity index (χ1v) is 7.10. The van der Waals surface area contributed by atoms with Crippen LogP contribution in [0.25, 0.3) is 0 Å². The van der Waals surface area contributed by atoms with Gasteiger partial charge in [-0.05, 0) is 25.8 Å². The highest BCUT2D eigenvalue weighted by molar-refractivity contribution is 5.82. The van der Waals surface area contributed by atoms with E-state index in [1.54, 1.807) is 6.92 Å². The van der Waals surface area contributed by atoms with Crippen molar-refractivity contribution in [3.8, 4) is 11.5 Å². The summed E-state index contributed by atoms with van der Waals surface area (Å²) in [4.78, 5) is 14.1. The molecular weight excluding hydrogens is 256 g/mol. The molecule has 3 rings (SSSR count). The number of fused-ring (bicyclic) bond motifs is 1. The topological polar surface area (TPSA) is 64.8 Å². The molecule has 1 amide bonds. The van der Waals surface area contributed by atoms with E-state index in [0.29, 0.717) is 25.8 Å². The Morgan fingerprint density at radius 3 is 2.85 bits per heavy atom. The number of nitrogens with two attached hydrogens (primary N) is 1. The zero-order valence-electron chi connectivity index (χ0n) is 11.7. The first-order valence-electron chi connectivity index (χ1n) is 7.10. The number of para-hydroxylation sites is 1. The molecule has 5 nitrogen and oxygen atoms in total. The van der Waals surface area contributed by atoms with Crippen molar-refractivity contribution < 1.29 is 14.3 Å². The summed E-state index contributed by atoms with van der Waals surface area (Å²) in [5, 5.41) is 0. The van der Waals surface area contributed by atoms with Gasteiger partial charge in [0.05, 0.1) is 6.04 Å². The molecule has 2 aliphatic rings. The third-order valence-corrected chi connectivity index (χ3v) is 3.65. The van der Waals surface area contributed by atoms with Crippen molar-refractivity contribution in [2.24, 2.45) is 5.73 Å². The zero-order valence-corrected chi connectivity index (χ0v) is 11.7. The van der Waals surface area contributed by atoms with Crippen LogP contribution in [0, 0.1) is 0 Å². The quantitative estimate of drug-likeness (QED) is 0.900. The molecule has 2 N–H and O–H groups in total. The number of benzene rings is 1. The van der Waals surface area contributed by atoms with Crippen molar-refractivity contribution in [3.63, 3.8) is 0 Å². The van der Waals surface area contributed by atoms with Gasteiger partial charge in [-0.2, -0.15) is 0 Å². The fourth-order valence-electron chi connectivity index (χ4n) is 2.48. The summed E-state index contributed by atoms with van der Waals surface area (Å²) in [5.74, 6) is 1.53. The Labute approximate surface area is 118 Å². The van der Waals surface area contributed by atoms with Crippen LogP contribution in [0.1, 0.15) is 25.3 Å². The van der Waals surface area contributed by atoms with E-state index in [-0.39, 0.29) is 5.91 Å². The minimum atomic E-state index is -0.465. The van der Waals surface area contributed by atoms with Crippen LogP contribution in [-0.2, 0) is 11.3 Å². The molecule has 1 aliphatic carbocycles. The Morgan fingerprint density at radius 1 is 1.40 bits per heavy atom. The van der Waals surface area contributed by atoms with Crippen LogP contribution in [-0.4, -0.2) is 36.1 Å². The highest BCUT2D eigenvalue weighted by atomic mass is 16.6. The van der Waals surface area contributed by atoms with Crippen LogP contribution < -0.4 is 15.2 Å². The van der Waals surface area contributed by atoms with E-state index in [9.17, 15) is 4.79 Å². The molecule has 0 bridgehead atoms. The van der Waals surface area contributed by atoms with E-state index in [2.05, 4.69) is 0 Å². The van der Waals surface area contributed by atoms with Gasteiger partial charge in [0.1, 0.15) is 13.2 Å². The predicted octanol–water partition coefficient (Wildman–Crippen LogP) is 1.30. The molecule has 0 spiro atoms. The summed E-state index contributed by atoms with van der Waals surface area (Å²) in [6, 6.07) is 5.68. The van der Waals surface area contributed by atoms with Crippen molar-refractivity contribution in [1.82, 2.24) is 4.90 Å². The third-order valence-electron chi connectivity index (χ3n) is 3.65. The number of rotatable bonds is 4. The van der Waals surface area contributed by atoms with Crippen LogP contribution in [0.4, 0.5) is 0 Å². The first-order chi connectivity index (χ1) is 9.66. The first kappa shape index (κ1) is 13.2. The van der Waals surface area contributed by atoms with E-state index in [1.807, 2.05) is 23.1 Å². The van der Waals surface area contributed by atoms with E-state index < -0.39 is 6.04 Å². The van der Waals surface area contributed by atoms with Crippen molar-refractivity contribution in [1.29, 1.82) is 0 Å². The highest BCUT2D eigenvalue weighted by Gasteiger charge is 2.34. The second kappa shape index (κ2) is 5.32. The van der Waals surface area contributed by atoms with Gasteiger partial charge < -0.3 is 20.1 Å². The molecule has 1 aliphatic heterocycles. The molecular formula is C15H20N2O3. The maximum atomic E-state index is 12.2. The maximum absolute atomic E-state index is 12.2. The Bertz CT molecular complexity index is 512. The smallest absolute Gasteiger partial charge is 0.239 e. The SMILES string of the molecule is C[C@H](N)C(=O)N(Cc1cccc2c1OCCO2)C1CC1. The molecule has 1 aromatic carbocycles. The number of carbonyl (C=O) groups excluding carboxylic acids is 1. The van der Waals surface area contributed by atoms with Crippen LogP contribution in [0.15, 0.2) is 18.2 Å². The van der Waals surface area contributed by atoms with Crippen LogP contribution >= 0.6 is 0 Å². The Balaban J connectivity index is 1.83. The van der Waals surface area contributed by atoms with Gasteiger partial charge in [-0.1, -0.05) is 12.1 Å². The normalized spacial score (nSPS) is 18.5. The average molecular weight is 276 g/mol. The number of hydrogen-bond acceptors (Lipinski definition) is 4. The molecule has 0 saturated heterocycles. The Morgan fingerprint density at radius 2 is 2.15 bits per heavy atom. The minimum Gasteiger partial charge on any atom is -0.486 e. The zero-order chi connectivity index (χ0) is 14.1. The van der Waals surface area contributed by atoms with E-state index in [4.69, 9.17) is 15.2 Å². The number of ether oxygens (including phenoxy) is 2. The van der Waals surface area contributed by atoms with Gasteiger partial charge in [0.25, 0.3) is 0 Å². The van der Waals surface area contributed by atoms with E-state index >= 15 is 0 Å². The lowest BCUT2D eigenvalue weighted by molar-refractivity contribution is -0.133. The molecule has 1 atom stereocenters. The van der Waals surface area contributed by atoms with Crippen LogP contribution in [0.2, 0.25) is 0 Å². The monoisotopic (exact) mass is 276 g/mol. The van der Waals surface area contributed by atoms with Gasteiger partial charge in [-0.25, -0.2) is 0 Å². The summed E-state index contributed by atoms with van der Waals surface area (Å²) >= 11 is 0. The second-order valence-corrected chi connectivity index (χ2v) is 5.43. The molecule has 20 heavy (non-hydrogen) atoms. The molecule has 5 heteroatoms. The van der Waals surface area contributed by atoms with Gasteiger partial charge >= 0.3 is 0 Å². The third kappa shape index (κ3) is 2.58. The standard InChI is InChI=1S/C15H20N2O3/c1-10(16)15(18)17(12-5-6-12)9-11-3-2-4-13-14(11)20-8-7-19-13/h2-4,10,12H,5-9,16H2,1H3/t10-/m0/s1. The van der Waals surface area contributed by atoms with Gasteiger partial charge in [0.15, 0.2) is 11.5 Å². The molecule has 1 aromatic rings. The Kier molecular flexibility index (Phi) is 3.53. The van der Waals surface area contributed by atoms with Crippen LogP contribution in [0.5, 0.6) is 11.5 Å². The number of hydrogen-bond donors (Lipinski definition) is 1. The minimum absolute atomic E-state index is 0.00170. The summed E-state index contributed by atoms with van der Waals surface area (Å²) in [5.41, 5.74) is 6.74. The lowest BCUT2D eigenvalue weighted by atomic mass is 10.1. The van der Waals surface area contributed by atoms with Gasteiger partial charge in [0.2, 0.25) is 5.91 Å². The van der Waals surface area contributed by atoms with Gasteiger partial charge in [0, 0.05) is 18.2 Å². The van der Waals surface area contributed by atoms with Gasteiger partial charge in [-0.3, -0.25) is 4.79 Å². The maximum Gasteiger partial charge on any atom is 0.239 e. The predicted molar refractivity (Wildman–Crippen MR) is 74.7 cm³/mol. The molecule has 1 fully saturated rings. The fraction of sp³-hybridized carbons (Fsp3) is 0.533.